The Labute approximate surface area is 162 Å². The predicted molar refractivity (Wildman–Crippen MR) is 105 cm³/mol. The van der Waals surface area contributed by atoms with E-state index in [2.05, 4.69) is 45.7 Å². The molecule has 1 saturated heterocycles. The Hall–Kier alpha value is -2.47. The molecule has 2 aromatic heterocycles. The molecule has 3 aromatic rings. The second-order valence-electron chi connectivity index (χ2n) is 7.36. The topological polar surface area (TPSA) is 59.8 Å². The summed E-state index contributed by atoms with van der Waals surface area (Å²) in [6, 6.07) is 10.7. The maximum Gasteiger partial charge on any atom is 0.220 e. The zero-order valence-electron chi connectivity index (χ0n) is 15.1. The number of nitrogens with one attached hydrogen (secondary N) is 1. The van der Waals surface area contributed by atoms with Gasteiger partial charge in [-0.3, -0.25) is 4.79 Å². The highest BCUT2D eigenvalue weighted by Gasteiger charge is 2.27. The van der Waals surface area contributed by atoms with Crippen LogP contribution in [0.15, 0.2) is 35.7 Å². The summed E-state index contributed by atoms with van der Waals surface area (Å²) in [5.74, 6) is 2.20. The fraction of sp³-hybridized carbons (Fsp3) is 0.381. The predicted octanol–water partition coefficient (Wildman–Crippen LogP) is 3.40. The van der Waals surface area contributed by atoms with E-state index in [4.69, 9.17) is 10.1 Å². The molecule has 1 atom stereocenters. The smallest absolute Gasteiger partial charge is 0.220 e. The lowest BCUT2D eigenvalue weighted by Crippen LogP contribution is -2.34. The molecule has 6 heteroatoms. The van der Waals surface area contributed by atoms with Crippen molar-refractivity contribution in [3.63, 3.8) is 0 Å². The van der Waals surface area contributed by atoms with Crippen molar-refractivity contribution >= 4 is 17.2 Å². The molecule has 27 heavy (non-hydrogen) atoms. The SMILES string of the molecule is O=C1CCC(c2nc(Cc3cccs3)nn2-c2cccc3c2CCC3)CN1. The summed E-state index contributed by atoms with van der Waals surface area (Å²) in [4.78, 5) is 17.8. The normalized spacial score (nSPS) is 19.1. The monoisotopic (exact) mass is 378 g/mol. The highest BCUT2D eigenvalue weighted by atomic mass is 32.1. The van der Waals surface area contributed by atoms with Gasteiger partial charge < -0.3 is 5.32 Å². The average Bonchev–Trinajstić information content (AvgIpc) is 3.43. The Kier molecular flexibility index (Phi) is 4.28. The first-order valence-corrected chi connectivity index (χ1v) is 10.5. The Balaban J connectivity index is 1.57. The van der Waals surface area contributed by atoms with Gasteiger partial charge in [0.15, 0.2) is 5.82 Å². The summed E-state index contributed by atoms with van der Waals surface area (Å²) in [5.41, 5.74) is 4.01. The Morgan fingerprint density at radius 3 is 2.96 bits per heavy atom. The molecule has 0 radical (unpaired) electrons. The van der Waals surface area contributed by atoms with Crippen molar-refractivity contribution < 1.29 is 4.79 Å². The van der Waals surface area contributed by atoms with Gasteiger partial charge in [0.25, 0.3) is 0 Å². The van der Waals surface area contributed by atoms with Crippen LogP contribution in [-0.4, -0.2) is 27.2 Å². The van der Waals surface area contributed by atoms with E-state index in [0.717, 1.165) is 37.3 Å². The lowest BCUT2D eigenvalue weighted by molar-refractivity contribution is -0.122. The molecule has 3 heterocycles. The number of piperidine rings is 1. The van der Waals surface area contributed by atoms with Crippen LogP contribution < -0.4 is 5.32 Å². The van der Waals surface area contributed by atoms with Crippen molar-refractivity contribution in [1.29, 1.82) is 0 Å². The van der Waals surface area contributed by atoms with E-state index in [-0.39, 0.29) is 11.8 Å². The van der Waals surface area contributed by atoms with Crippen molar-refractivity contribution in [1.82, 2.24) is 20.1 Å². The van der Waals surface area contributed by atoms with E-state index in [1.54, 1.807) is 11.3 Å². The Morgan fingerprint density at radius 2 is 2.15 bits per heavy atom. The summed E-state index contributed by atoms with van der Waals surface area (Å²) in [6.45, 7) is 0.644. The van der Waals surface area contributed by atoms with Crippen molar-refractivity contribution in [3.8, 4) is 5.69 Å². The summed E-state index contributed by atoms with van der Waals surface area (Å²) in [5, 5.41) is 10.0. The number of carbonyl (C=O) groups is 1. The van der Waals surface area contributed by atoms with Gasteiger partial charge in [-0.05, 0) is 54.3 Å². The van der Waals surface area contributed by atoms with Crippen LogP contribution in [0.3, 0.4) is 0 Å². The van der Waals surface area contributed by atoms with Crippen LogP contribution >= 0.6 is 11.3 Å². The number of rotatable bonds is 4. The molecule has 0 saturated carbocycles. The molecule has 5 rings (SSSR count). The van der Waals surface area contributed by atoms with E-state index >= 15 is 0 Å². The lowest BCUT2D eigenvalue weighted by atomic mass is 9.98. The number of hydrogen-bond donors (Lipinski definition) is 1. The average molecular weight is 379 g/mol. The maximum atomic E-state index is 11.6. The minimum Gasteiger partial charge on any atom is -0.355 e. The molecule has 1 amide bonds. The molecule has 2 aliphatic rings. The fourth-order valence-electron chi connectivity index (χ4n) is 4.21. The Morgan fingerprint density at radius 1 is 1.19 bits per heavy atom. The molecule has 0 bridgehead atoms. The quantitative estimate of drug-likeness (QED) is 0.757. The largest absolute Gasteiger partial charge is 0.355 e. The second kappa shape index (κ2) is 6.93. The molecule has 1 fully saturated rings. The number of carbonyl (C=O) groups excluding carboxylic acids is 1. The number of benzene rings is 1. The highest BCUT2D eigenvalue weighted by molar-refractivity contribution is 7.09. The van der Waals surface area contributed by atoms with E-state index in [1.165, 1.54) is 28.1 Å². The molecule has 0 spiro atoms. The number of aryl methyl sites for hydroxylation is 1. The van der Waals surface area contributed by atoms with E-state index in [9.17, 15) is 4.79 Å². The first-order valence-electron chi connectivity index (χ1n) is 9.64. The van der Waals surface area contributed by atoms with Crippen LogP contribution in [0.25, 0.3) is 5.69 Å². The number of thiophene rings is 1. The van der Waals surface area contributed by atoms with Gasteiger partial charge >= 0.3 is 0 Å². The van der Waals surface area contributed by atoms with Crippen molar-refractivity contribution in [2.24, 2.45) is 0 Å². The number of amides is 1. The molecular formula is C21H22N4OS. The van der Waals surface area contributed by atoms with Crippen molar-refractivity contribution in [3.05, 3.63) is 63.4 Å². The molecular weight excluding hydrogens is 356 g/mol. The van der Waals surface area contributed by atoms with E-state index < -0.39 is 0 Å². The van der Waals surface area contributed by atoms with Gasteiger partial charge in [-0.25, -0.2) is 9.67 Å². The van der Waals surface area contributed by atoms with Gasteiger partial charge in [0.1, 0.15) is 5.82 Å². The van der Waals surface area contributed by atoms with Crippen LogP contribution in [0, 0.1) is 0 Å². The van der Waals surface area contributed by atoms with Gasteiger partial charge in [0.05, 0.1) is 5.69 Å². The van der Waals surface area contributed by atoms with Crippen LogP contribution in [0.4, 0.5) is 0 Å². The minimum atomic E-state index is 0.136. The number of hydrogen-bond acceptors (Lipinski definition) is 4. The zero-order chi connectivity index (χ0) is 18.2. The highest BCUT2D eigenvalue weighted by Crippen LogP contribution is 2.31. The van der Waals surface area contributed by atoms with Gasteiger partial charge in [-0.1, -0.05) is 18.2 Å². The standard InChI is InChI=1S/C21H22N4OS/c26-20-10-9-15(13-22-20)21-23-19(12-16-6-3-11-27-16)24-25(21)18-8-2-5-14-4-1-7-17(14)18/h2-3,5-6,8,11,15H,1,4,7,9-10,12-13H2,(H,22,26). The van der Waals surface area contributed by atoms with Crippen LogP contribution in [0.2, 0.25) is 0 Å². The molecule has 138 valence electrons. The molecule has 1 unspecified atom stereocenters. The van der Waals surface area contributed by atoms with Gasteiger partial charge in [-0.15, -0.1) is 11.3 Å². The molecule has 1 aromatic carbocycles. The van der Waals surface area contributed by atoms with Crippen LogP contribution in [-0.2, 0) is 24.1 Å². The lowest BCUT2D eigenvalue weighted by Gasteiger charge is -2.22. The molecule has 5 nitrogen and oxygen atoms in total. The third-order valence-electron chi connectivity index (χ3n) is 5.57. The molecule has 1 N–H and O–H groups in total. The van der Waals surface area contributed by atoms with Crippen LogP contribution in [0.1, 0.15) is 52.8 Å². The molecule has 1 aliphatic heterocycles. The maximum absolute atomic E-state index is 11.6. The third-order valence-corrected chi connectivity index (χ3v) is 6.44. The number of nitrogens with zero attached hydrogens (tertiary/aromatic N) is 3. The zero-order valence-corrected chi connectivity index (χ0v) is 16.0. The fourth-order valence-corrected chi connectivity index (χ4v) is 4.91. The van der Waals surface area contributed by atoms with Gasteiger partial charge in [-0.2, -0.15) is 5.10 Å². The van der Waals surface area contributed by atoms with Crippen molar-refractivity contribution in [2.45, 2.75) is 44.4 Å². The summed E-state index contributed by atoms with van der Waals surface area (Å²) >= 11 is 1.74. The third kappa shape index (κ3) is 3.18. The first-order chi connectivity index (χ1) is 13.3. The van der Waals surface area contributed by atoms with E-state index in [1.807, 2.05) is 0 Å². The minimum absolute atomic E-state index is 0.136. The summed E-state index contributed by atoms with van der Waals surface area (Å²) < 4.78 is 2.06. The number of fused-ring (bicyclic) bond motifs is 1. The van der Waals surface area contributed by atoms with Gasteiger partial charge in [0.2, 0.25) is 5.91 Å². The second-order valence-corrected chi connectivity index (χ2v) is 8.39. The first kappa shape index (κ1) is 16.7. The summed E-state index contributed by atoms with van der Waals surface area (Å²) in [7, 11) is 0. The number of aromatic nitrogens is 3. The Bertz CT molecular complexity index is 966. The summed E-state index contributed by atoms with van der Waals surface area (Å²) in [6.07, 6.45) is 5.60. The van der Waals surface area contributed by atoms with Crippen molar-refractivity contribution in [2.75, 3.05) is 6.54 Å². The van der Waals surface area contributed by atoms with Gasteiger partial charge in [0, 0.05) is 30.2 Å². The molecule has 1 aliphatic carbocycles. The van der Waals surface area contributed by atoms with Crippen LogP contribution in [0.5, 0.6) is 0 Å². The van der Waals surface area contributed by atoms with E-state index in [0.29, 0.717) is 13.0 Å².